The van der Waals surface area contributed by atoms with Crippen LogP contribution in [0.3, 0.4) is 0 Å². The first-order valence-electron chi connectivity index (χ1n) is 6.57. The lowest BCUT2D eigenvalue weighted by molar-refractivity contribution is 0.864. The van der Waals surface area contributed by atoms with Crippen molar-refractivity contribution in [2.75, 3.05) is 0 Å². The molecule has 0 saturated heterocycles. The van der Waals surface area contributed by atoms with E-state index in [1.54, 1.807) is 0 Å². The smallest absolute Gasteiger partial charge is 0.00941 e. The van der Waals surface area contributed by atoms with E-state index in [2.05, 4.69) is 80.6 Å². The van der Waals surface area contributed by atoms with Crippen LogP contribution in [0.25, 0.3) is 6.08 Å². The van der Waals surface area contributed by atoms with E-state index in [0.29, 0.717) is 5.92 Å². The van der Waals surface area contributed by atoms with Crippen molar-refractivity contribution in [2.24, 2.45) is 0 Å². The summed E-state index contributed by atoms with van der Waals surface area (Å²) in [5.41, 5.74) is 4.11. The Morgan fingerprint density at radius 3 is 2.28 bits per heavy atom. The molecule has 0 unspecified atom stereocenters. The number of rotatable bonds is 4. The van der Waals surface area contributed by atoms with Gasteiger partial charge in [-0.3, -0.25) is 0 Å². The number of benzene rings is 2. The van der Waals surface area contributed by atoms with E-state index in [1.165, 1.54) is 16.7 Å². The molecule has 0 radical (unpaired) electrons. The van der Waals surface area contributed by atoms with Crippen molar-refractivity contribution >= 4 is 6.08 Å². The van der Waals surface area contributed by atoms with E-state index in [0.717, 1.165) is 6.42 Å². The number of hydrogen-bond donors (Lipinski definition) is 0. The first-order chi connectivity index (χ1) is 8.77. The van der Waals surface area contributed by atoms with Crippen molar-refractivity contribution < 1.29 is 0 Å². The van der Waals surface area contributed by atoms with Crippen LogP contribution in [0.4, 0.5) is 0 Å². The lowest BCUT2D eigenvalue weighted by Crippen LogP contribution is -1.90. The Hall–Kier alpha value is -1.82. The van der Waals surface area contributed by atoms with Crippen LogP contribution in [0.15, 0.2) is 60.7 Å². The summed E-state index contributed by atoms with van der Waals surface area (Å²) in [6.45, 7) is 4.48. The molecule has 0 saturated carbocycles. The topological polar surface area (TPSA) is 0 Å². The average molecular weight is 236 g/mol. The summed E-state index contributed by atoms with van der Waals surface area (Å²) in [6.07, 6.45) is 5.48. The molecule has 0 nitrogen and oxygen atoms in total. The van der Waals surface area contributed by atoms with Gasteiger partial charge in [-0.05, 0) is 29.0 Å². The highest BCUT2D eigenvalue weighted by atomic mass is 14.1. The first kappa shape index (κ1) is 12.6. The Morgan fingerprint density at radius 1 is 0.889 bits per heavy atom. The molecule has 2 rings (SSSR count). The zero-order chi connectivity index (χ0) is 12.8. The van der Waals surface area contributed by atoms with Gasteiger partial charge in [0.2, 0.25) is 0 Å². The van der Waals surface area contributed by atoms with Gasteiger partial charge in [-0.25, -0.2) is 0 Å². The summed E-state index contributed by atoms with van der Waals surface area (Å²) in [5.74, 6) is 0.572. The minimum atomic E-state index is 0.572. The SMILES string of the molecule is CC(C)c1ccccc1C=CCc1ccccc1. The summed E-state index contributed by atoms with van der Waals surface area (Å²) in [4.78, 5) is 0. The molecular weight excluding hydrogens is 216 g/mol. The van der Waals surface area contributed by atoms with E-state index in [4.69, 9.17) is 0 Å². The van der Waals surface area contributed by atoms with Crippen LogP contribution in [-0.2, 0) is 6.42 Å². The molecule has 0 atom stereocenters. The van der Waals surface area contributed by atoms with Crippen LogP contribution in [0, 0.1) is 0 Å². The second-order valence-corrected chi connectivity index (χ2v) is 4.88. The quantitative estimate of drug-likeness (QED) is 0.695. The fourth-order valence-corrected chi connectivity index (χ4v) is 2.12. The van der Waals surface area contributed by atoms with Crippen LogP contribution in [-0.4, -0.2) is 0 Å². The summed E-state index contributed by atoms with van der Waals surface area (Å²) >= 11 is 0. The van der Waals surface area contributed by atoms with Gasteiger partial charge < -0.3 is 0 Å². The molecule has 0 spiro atoms. The summed E-state index contributed by atoms with van der Waals surface area (Å²) in [5, 5.41) is 0. The molecule has 0 heteroatoms. The maximum atomic E-state index is 2.25. The van der Waals surface area contributed by atoms with E-state index < -0.39 is 0 Å². The highest BCUT2D eigenvalue weighted by Gasteiger charge is 2.02. The van der Waals surface area contributed by atoms with Crippen LogP contribution < -0.4 is 0 Å². The van der Waals surface area contributed by atoms with Gasteiger partial charge in [0.1, 0.15) is 0 Å². The highest BCUT2D eigenvalue weighted by Crippen LogP contribution is 2.20. The normalized spacial score (nSPS) is 11.3. The third-order valence-corrected chi connectivity index (χ3v) is 3.11. The third kappa shape index (κ3) is 3.33. The van der Waals surface area contributed by atoms with Crippen molar-refractivity contribution in [3.63, 3.8) is 0 Å². The van der Waals surface area contributed by atoms with Gasteiger partial charge in [-0.2, -0.15) is 0 Å². The summed E-state index contributed by atoms with van der Waals surface area (Å²) in [7, 11) is 0. The lowest BCUT2D eigenvalue weighted by Gasteiger charge is -2.09. The molecule has 2 aromatic carbocycles. The molecule has 18 heavy (non-hydrogen) atoms. The van der Waals surface area contributed by atoms with Crippen LogP contribution in [0.5, 0.6) is 0 Å². The predicted octanol–water partition coefficient (Wildman–Crippen LogP) is 5.07. The molecular formula is C18H20. The fourth-order valence-electron chi connectivity index (χ4n) is 2.12. The van der Waals surface area contributed by atoms with Gasteiger partial charge in [0.05, 0.1) is 0 Å². The van der Waals surface area contributed by atoms with Gasteiger partial charge >= 0.3 is 0 Å². The minimum absolute atomic E-state index is 0.572. The Kier molecular flexibility index (Phi) is 4.35. The van der Waals surface area contributed by atoms with Crippen LogP contribution in [0.2, 0.25) is 0 Å². The molecule has 0 heterocycles. The Morgan fingerprint density at radius 2 is 1.56 bits per heavy atom. The van der Waals surface area contributed by atoms with E-state index in [-0.39, 0.29) is 0 Å². The standard InChI is InChI=1S/C18H20/c1-15(2)18-14-7-6-12-17(18)13-8-11-16-9-4-3-5-10-16/h3-10,12-15H,11H2,1-2H3. The van der Waals surface area contributed by atoms with Crippen molar-refractivity contribution in [3.05, 3.63) is 77.4 Å². The second kappa shape index (κ2) is 6.20. The van der Waals surface area contributed by atoms with Gasteiger partial charge in [0.15, 0.2) is 0 Å². The summed E-state index contributed by atoms with van der Waals surface area (Å²) < 4.78 is 0. The van der Waals surface area contributed by atoms with Crippen molar-refractivity contribution in [2.45, 2.75) is 26.2 Å². The van der Waals surface area contributed by atoms with Gasteiger partial charge in [0, 0.05) is 0 Å². The minimum Gasteiger partial charge on any atom is -0.0795 e. The monoisotopic (exact) mass is 236 g/mol. The summed E-state index contributed by atoms with van der Waals surface area (Å²) in [6, 6.07) is 19.2. The maximum Gasteiger partial charge on any atom is -0.00941 e. The van der Waals surface area contributed by atoms with E-state index in [9.17, 15) is 0 Å². The highest BCUT2D eigenvalue weighted by molar-refractivity contribution is 5.55. The maximum absolute atomic E-state index is 2.25. The predicted molar refractivity (Wildman–Crippen MR) is 79.7 cm³/mol. The Labute approximate surface area is 110 Å². The largest absolute Gasteiger partial charge is 0.0795 e. The number of allylic oxidation sites excluding steroid dienone is 1. The van der Waals surface area contributed by atoms with Crippen molar-refractivity contribution in [3.8, 4) is 0 Å². The van der Waals surface area contributed by atoms with Crippen LogP contribution >= 0.6 is 0 Å². The molecule has 2 aromatic rings. The lowest BCUT2D eigenvalue weighted by atomic mass is 9.97. The van der Waals surface area contributed by atoms with Gasteiger partial charge in [0.25, 0.3) is 0 Å². The van der Waals surface area contributed by atoms with Crippen molar-refractivity contribution in [1.82, 2.24) is 0 Å². The fraction of sp³-hybridized carbons (Fsp3) is 0.222. The molecule has 0 fully saturated rings. The Bertz CT molecular complexity index is 507. The van der Waals surface area contributed by atoms with Crippen molar-refractivity contribution in [1.29, 1.82) is 0 Å². The van der Waals surface area contributed by atoms with Crippen LogP contribution in [0.1, 0.15) is 36.5 Å². The second-order valence-electron chi connectivity index (χ2n) is 4.88. The Balaban J connectivity index is 2.10. The number of hydrogen-bond acceptors (Lipinski definition) is 0. The molecule has 92 valence electrons. The van der Waals surface area contributed by atoms with Gasteiger partial charge in [-0.15, -0.1) is 0 Å². The first-order valence-corrected chi connectivity index (χ1v) is 6.57. The van der Waals surface area contributed by atoms with Gasteiger partial charge in [-0.1, -0.05) is 80.6 Å². The van der Waals surface area contributed by atoms with E-state index in [1.807, 2.05) is 0 Å². The van der Waals surface area contributed by atoms with E-state index >= 15 is 0 Å². The molecule has 0 amide bonds. The molecule has 0 aliphatic heterocycles. The molecule has 0 N–H and O–H groups in total. The molecule has 0 bridgehead atoms. The third-order valence-electron chi connectivity index (χ3n) is 3.11. The average Bonchev–Trinajstić information content (AvgIpc) is 2.40. The molecule has 0 aromatic heterocycles. The molecule has 0 aliphatic carbocycles. The zero-order valence-electron chi connectivity index (χ0n) is 11.1. The molecule has 0 aliphatic rings. The zero-order valence-corrected chi connectivity index (χ0v) is 11.1.